The Morgan fingerprint density at radius 2 is 1.39 bits per heavy atom. The van der Waals surface area contributed by atoms with Crippen LogP contribution in [0.3, 0.4) is 0 Å². The number of hydrogen-bond donors (Lipinski definition) is 1. The van der Waals surface area contributed by atoms with Crippen molar-refractivity contribution < 1.29 is 22.6 Å². The van der Waals surface area contributed by atoms with Crippen LogP contribution in [0.15, 0.2) is 12.1 Å². The Hall–Kier alpha value is -1.43. The summed E-state index contributed by atoms with van der Waals surface area (Å²) in [5.74, 6) is 0.128. The molecule has 0 spiro atoms. The molecule has 0 aliphatic rings. The molecular weight excluding hydrogens is 247 g/mol. The van der Waals surface area contributed by atoms with Gasteiger partial charge < -0.3 is 15.2 Å². The summed E-state index contributed by atoms with van der Waals surface area (Å²) >= 11 is 0. The Balaban J connectivity index is 3.55. The van der Waals surface area contributed by atoms with E-state index in [-0.39, 0.29) is 11.5 Å². The Morgan fingerprint density at radius 3 is 1.61 bits per heavy atom. The van der Waals surface area contributed by atoms with Gasteiger partial charge in [0.25, 0.3) is 0 Å². The molecule has 6 heteroatoms. The molecule has 102 valence electrons. The number of methoxy groups -OCH3 is 2. The zero-order valence-corrected chi connectivity index (χ0v) is 10.7. The van der Waals surface area contributed by atoms with Crippen molar-refractivity contribution in [2.75, 3.05) is 14.2 Å². The molecule has 1 rings (SSSR count). The zero-order valence-electron chi connectivity index (χ0n) is 10.7. The first-order chi connectivity index (χ1) is 8.11. The minimum Gasteiger partial charge on any atom is -0.496 e. The van der Waals surface area contributed by atoms with E-state index in [0.717, 1.165) is 12.1 Å². The molecule has 0 aromatic heterocycles. The maximum Gasteiger partial charge on any atom is 0.416 e. The number of rotatable bonds is 3. The second-order valence-electron chi connectivity index (χ2n) is 4.48. The first kappa shape index (κ1) is 14.6. The van der Waals surface area contributed by atoms with Crippen molar-refractivity contribution in [3.05, 3.63) is 23.3 Å². The van der Waals surface area contributed by atoms with Gasteiger partial charge in [0, 0.05) is 5.54 Å². The van der Waals surface area contributed by atoms with Crippen LogP contribution < -0.4 is 15.2 Å². The number of halogens is 3. The summed E-state index contributed by atoms with van der Waals surface area (Å²) in [7, 11) is 2.59. The summed E-state index contributed by atoms with van der Waals surface area (Å²) in [6.07, 6.45) is -4.46. The SMILES string of the molecule is COc1cc(C(F)(F)F)cc(OC)c1C(C)(C)N. The first-order valence-electron chi connectivity index (χ1n) is 5.24. The smallest absolute Gasteiger partial charge is 0.416 e. The lowest BCUT2D eigenvalue weighted by Gasteiger charge is -2.25. The van der Waals surface area contributed by atoms with E-state index < -0.39 is 17.3 Å². The van der Waals surface area contributed by atoms with Gasteiger partial charge >= 0.3 is 6.18 Å². The van der Waals surface area contributed by atoms with E-state index >= 15 is 0 Å². The van der Waals surface area contributed by atoms with Gasteiger partial charge in [0.15, 0.2) is 0 Å². The molecule has 0 radical (unpaired) electrons. The number of ether oxygens (including phenoxy) is 2. The Labute approximate surface area is 104 Å². The first-order valence-corrected chi connectivity index (χ1v) is 5.24. The predicted octanol–water partition coefficient (Wildman–Crippen LogP) is 2.92. The van der Waals surface area contributed by atoms with E-state index in [1.165, 1.54) is 14.2 Å². The van der Waals surface area contributed by atoms with E-state index in [2.05, 4.69) is 0 Å². The highest BCUT2D eigenvalue weighted by atomic mass is 19.4. The molecule has 0 aliphatic carbocycles. The van der Waals surface area contributed by atoms with Crippen LogP contribution in [0, 0.1) is 0 Å². The molecule has 0 fully saturated rings. The molecular formula is C12H16F3NO2. The molecule has 0 bridgehead atoms. The van der Waals surface area contributed by atoms with Gasteiger partial charge in [-0.1, -0.05) is 0 Å². The monoisotopic (exact) mass is 263 g/mol. The van der Waals surface area contributed by atoms with Crippen molar-refractivity contribution in [2.24, 2.45) is 5.73 Å². The fourth-order valence-corrected chi connectivity index (χ4v) is 1.71. The molecule has 0 saturated carbocycles. The standard InChI is InChI=1S/C12H16F3NO2/c1-11(2,16)10-8(17-3)5-7(12(13,14)15)6-9(10)18-4/h5-6H,16H2,1-4H3. The van der Waals surface area contributed by atoms with Crippen molar-refractivity contribution >= 4 is 0 Å². The van der Waals surface area contributed by atoms with Crippen LogP contribution in [0.4, 0.5) is 13.2 Å². The molecule has 2 N–H and O–H groups in total. The third kappa shape index (κ3) is 2.87. The molecule has 0 heterocycles. The van der Waals surface area contributed by atoms with E-state index in [9.17, 15) is 13.2 Å². The lowest BCUT2D eigenvalue weighted by atomic mass is 9.92. The third-order valence-corrected chi connectivity index (χ3v) is 2.48. The van der Waals surface area contributed by atoms with E-state index in [4.69, 9.17) is 15.2 Å². The van der Waals surface area contributed by atoms with Crippen LogP contribution in [0.2, 0.25) is 0 Å². The predicted molar refractivity (Wildman–Crippen MR) is 61.8 cm³/mol. The number of nitrogens with two attached hydrogens (primary N) is 1. The molecule has 3 nitrogen and oxygen atoms in total. The number of benzene rings is 1. The summed E-state index contributed by atoms with van der Waals surface area (Å²) in [6.45, 7) is 3.33. The molecule has 0 atom stereocenters. The summed E-state index contributed by atoms with van der Waals surface area (Å²) in [6, 6.07) is 1.85. The number of alkyl halides is 3. The van der Waals surface area contributed by atoms with Crippen LogP contribution in [0.25, 0.3) is 0 Å². The summed E-state index contributed by atoms with van der Waals surface area (Å²) in [4.78, 5) is 0. The third-order valence-electron chi connectivity index (χ3n) is 2.48. The molecule has 18 heavy (non-hydrogen) atoms. The molecule has 0 amide bonds. The highest BCUT2D eigenvalue weighted by Crippen LogP contribution is 2.41. The minimum absolute atomic E-state index is 0.0641. The van der Waals surface area contributed by atoms with E-state index in [1.807, 2.05) is 0 Å². The topological polar surface area (TPSA) is 44.5 Å². The minimum atomic E-state index is -4.46. The zero-order chi connectivity index (χ0) is 14.1. The van der Waals surface area contributed by atoms with Crippen LogP contribution >= 0.6 is 0 Å². The van der Waals surface area contributed by atoms with Crippen LogP contribution in [0.1, 0.15) is 25.0 Å². The van der Waals surface area contributed by atoms with Crippen molar-refractivity contribution in [1.82, 2.24) is 0 Å². The second kappa shape index (κ2) is 4.68. The number of hydrogen-bond acceptors (Lipinski definition) is 3. The molecule has 0 aliphatic heterocycles. The lowest BCUT2D eigenvalue weighted by molar-refractivity contribution is -0.137. The van der Waals surface area contributed by atoms with Crippen LogP contribution in [0.5, 0.6) is 11.5 Å². The van der Waals surface area contributed by atoms with Crippen LogP contribution in [-0.4, -0.2) is 14.2 Å². The summed E-state index contributed by atoms with van der Waals surface area (Å²) in [5.41, 5.74) is 4.63. The highest BCUT2D eigenvalue weighted by molar-refractivity contribution is 5.52. The Kier molecular flexibility index (Phi) is 3.81. The van der Waals surface area contributed by atoms with Gasteiger partial charge in [-0.15, -0.1) is 0 Å². The van der Waals surface area contributed by atoms with Crippen molar-refractivity contribution in [3.63, 3.8) is 0 Å². The summed E-state index contributed by atoms with van der Waals surface area (Å²) in [5, 5.41) is 0. The molecule has 0 unspecified atom stereocenters. The van der Waals surface area contributed by atoms with Gasteiger partial charge in [0.05, 0.1) is 25.3 Å². The van der Waals surface area contributed by atoms with Crippen LogP contribution in [-0.2, 0) is 11.7 Å². The normalized spacial score (nSPS) is 12.4. The van der Waals surface area contributed by atoms with E-state index in [1.54, 1.807) is 13.8 Å². The molecule has 1 aromatic rings. The van der Waals surface area contributed by atoms with Gasteiger partial charge in [-0.3, -0.25) is 0 Å². The lowest BCUT2D eigenvalue weighted by Crippen LogP contribution is -2.30. The second-order valence-corrected chi connectivity index (χ2v) is 4.48. The Bertz CT molecular complexity index is 411. The van der Waals surface area contributed by atoms with Gasteiger partial charge in [-0.05, 0) is 26.0 Å². The van der Waals surface area contributed by atoms with Gasteiger partial charge in [-0.2, -0.15) is 13.2 Å². The van der Waals surface area contributed by atoms with Crippen molar-refractivity contribution in [1.29, 1.82) is 0 Å². The fraction of sp³-hybridized carbons (Fsp3) is 0.500. The van der Waals surface area contributed by atoms with Gasteiger partial charge in [0.1, 0.15) is 11.5 Å². The highest BCUT2D eigenvalue weighted by Gasteiger charge is 2.34. The van der Waals surface area contributed by atoms with Crippen molar-refractivity contribution in [3.8, 4) is 11.5 Å². The van der Waals surface area contributed by atoms with Gasteiger partial charge in [-0.25, -0.2) is 0 Å². The molecule has 0 saturated heterocycles. The maximum atomic E-state index is 12.7. The average Bonchev–Trinajstić information content (AvgIpc) is 2.24. The quantitative estimate of drug-likeness (QED) is 0.912. The fourth-order valence-electron chi connectivity index (χ4n) is 1.71. The van der Waals surface area contributed by atoms with Crippen molar-refractivity contribution in [2.45, 2.75) is 25.6 Å². The molecule has 1 aromatic carbocycles. The van der Waals surface area contributed by atoms with Gasteiger partial charge in [0.2, 0.25) is 0 Å². The maximum absolute atomic E-state index is 12.7. The Morgan fingerprint density at radius 1 is 1.00 bits per heavy atom. The summed E-state index contributed by atoms with van der Waals surface area (Å²) < 4.78 is 48.1. The largest absolute Gasteiger partial charge is 0.496 e. The average molecular weight is 263 g/mol. The van der Waals surface area contributed by atoms with E-state index in [0.29, 0.717) is 5.56 Å².